The van der Waals surface area contributed by atoms with Gasteiger partial charge in [0.15, 0.2) is 0 Å². The number of aryl methyl sites for hydroxylation is 1. The summed E-state index contributed by atoms with van der Waals surface area (Å²) < 4.78 is 2.14. The van der Waals surface area contributed by atoms with Crippen LogP contribution in [-0.2, 0) is 11.3 Å². The van der Waals surface area contributed by atoms with Crippen LogP contribution in [0.15, 0.2) is 30.6 Å². The summed E-state index contributed by atoms with van der Waals surface area (Å²) in [6, 6.07) is 8.49. The van der Waals surface area contributed by atoms with Gasteiger partial charge in [0.05, 0.1) is 17.4 Å². The van der Waals surface area contributed by atoms with Crippen LogP contribution in [0.3, 0.4) is 0 Å². The van der Waals surface area contributed by atoms with E-state index in [1.165, 1.54) is 6.42 Å². The normalized spacial score (nSPS) is 18.2. The van der Waals surface area contributed by atoms with Crippen molar-refractivity contribution in [2.45, 2.75) is 38.3 Å². The van der Waals surface area contributed by atoms with Crippen molar-refractivity contribution in [3.8, 4) is 0 Å². The zero-order valence-electron chi connectivity index (χ0n) is 12.2. The third-order valence-corrected chi connectivity index (χ3v) is 4.02. The fourth-order valence-corrected chi connectivity index (χ4v) is 2.89. The van der Waals surface area contributed by atoms with Gasteiger partial charge in [0.1, 0.15) is 0 Å². The van der Waals surface area contributed by atoms with Gasteiger partial charge in [-0.1, -0.05) is 12.1 Å². The first-order chi connectivity index (χ1) is 10.3. The number of amides is 1. The first kappa shape index (κ1) is 14.1. The van der Waals surface area contributed by atoms with Crippen LogP contribution in [0.1, 0.15) is 25.7 Å². The summed E-state index contributed by atoms with van der Waals surface area (Å²) in [6.45, 7) is 2.65. The zero-order chi connectivity index (χ0) is 14.5. The van der Waals surface area contributed by atoms with Crippen LogP contribution in [0, 0.1) is 0 Å². The van der Waals surface area contributed by atoms with Crippen molar-refractivity contribution in [3.05, 3.63) is 30.6 Å². The smallest absolute Gasteiger partial charge is 0.221 e. The molecule has 0 saturated carbocycles. The van der Waals surface area contributed by atoms with Crippen LogP contribution in [0.2, 0.25) is 0 Å². The summed E-state index contributed by atoms with van der Waals surface area (Å²) in [7, 11) is 0. The second-order valence-corrected chi connectivity index (χ2v) is 5.63. The molecule has 1 amide bonds. The van der Waals surface area contributed by atoms with Crippen molar-refractivity contribution in [1.82, 2.24) is 20.2 Å². The van der Waals surface area contributed by atoms with Gasteiger partial charge in [0.25, 0.3) is 0 Å². The maximum Gasteiger partial charge on any atom is 0.221 e. The lowest BCUT2D eigenvalue weighted by Crippen LogP contribution is -2.32. The van der Waals surface area contributed by atoms with Crippen LogP contribution < -0.4 is 10.6 Å². The number of para-hydroxylation sites is 2. The van der Waals surface area contributed by atoms with Crippen LogP contribution in [0.5, 0.6) is 0 Å². The van der Waals surface area contributed by atoms with E-state index in [0.717, 1.165) is 43.5 Å². The Balaban J connectivity index is 1.40. The second kappa shape index (κ2) is 6.72. The van der Waals surface area contributed by atoms with Crippen molar-refractivity contribution >= 4 is 16.9 Å². The van der Waals surface area contributed by atoms with Crippen molar-refractivity contribution in [1.29, 1.82) is 0 Å². The molecule has 1 atom stereocenters. The number of hydrogen-bond donors (Lipinski definition) is 2. The van der Waals surface area contributed by atoms with E-state index in [2.05, 4.69) is 26.3 Å². The third-order valence-electron chi connectivity index (χ3n) is 4.02. The van der Waals surface area contributed by atoms with Crippen molar-refractivity contribution in [2.24, 2.45) is 0 Å². The van der Waals surface area contributed by atoms with Crippen LogP contribution in [0.25, 0.3) is 11.0 Å². The molecule has 2 N–H and O–H groups in total. The predicted octanol–water partition coefficient (Wildman–Crippen LogP) is 1.68. The van der Waals surface area contributed by atoms with Gasteiger partial charge < -0.3 is 15.2 Å². The van der Waals surface area contributed by atoms with Crippen LogP contribution >= 0.6 is 0 Å². The maximum atomic E-state index is 11.8. The number of hydrogen-bond acceptors (Lipinski definition) is 3. The molecule has 2 aromatic rings. The molecule has 1 saturated heterocycles. The molecule has 2 heterocycles. The number of benzene rings is 1. The van der Waals surface area contributed by atoms with E-state index in [4.69, 9.17) is 0 Å². The van der Waals surface area contributed by atoms with E-state index in [-0.39, 0.29) is 5.91 Å². The molecule has 5 heteroatoms. The second-order valence-electron chi connectivity index (χ2n) is 5.63. The van der Waals surface area contributed by atoms with Gasteiger partial charge in [-0.25, -0.2) is 4.98 Å². The third kappa shape index (κ3) is 3.61. The minimum Gasteiger partial charge on any atom is -0.356 e. The number of aromatic nitrogens is 2. The largest absolute Gasteiger partial charge is 0.356 e. The Labute approximate surface area is 124 Å². The summed E-state index contributed by atoms with van der Waals surface area (Å²) in [6.07, 6.45) is 5.70. The SMILES string of the molecule is O=C(CC1CCCN1)NCCCn1cnc2ccccc21. The lowest BCUT2D eigenvalue weighted by Gasteiger charge is -2.10. The Bertz CT molecular complexity index is 601. The van der Waals surface area contributed by atoms with E-state index in [0.29, 0.717) is 12.5 Å². The highest BCUT2D eigenvalue weighted by molar-refractivity contribution is 5.76. The molecule has 1 aliphatic heterocycles. The molecule has 0 aliphatic carbocycles. The Morgan fingerprint density at radius 1 is 1.43 bits per heavy atom. The van der Waals surface area contributed by atoms with Crippen molar-refractivity contribution < 1.29 is 4.79 Å². The maximum absolute atomic E-state index is 11.8. The molecular formula is C16H22N4O. The summed E-state index contributed by atoms with van der Waals surface area (Å²) in [5.41, 5.74) is 2.17. The summed E-state index contributed by atoms with van der Waals surface area (Å²) >= 11 is 0. The Hall–Kier alpha value is -1.88. The first-order valence-corrected chi connectivity index (χ1v) is 7.73. The van der Waals surface area contributed by atoms with Crippen molar-refractivity contribution in [2.75, 3.05) is 13.1 Å². The monoisotopic (exact) mass is 286 g/mol. The number of nitrogens with zero attached hydrogens (tertiary/aromatic N) is 2. The summed E-state index contributed by atoms with van der Waals surface area (Å²) in [4.78, 5) is 16.2. The molecule has 1 unspecified atom stereocenters. The van der Waals surface area contributed by atoms with Gasteiger partial charge in [-0.05, 0) is 37.9 Å². The molecule has 21 heavy (non-hydrogen) atoms. The highest BCUT2D eigenvalue weighted by atomic mass is 16.1. The first-order valence-electron chi connectivity index (χ1n) is 7.73. The lowest BCUT2D eigenvalue weighted by molar-refractivity contribution is -0.121. The molecule has 1 aliphatic rings. The summed E-state index contributed by atoms with van der Waals surface area (Å²) in [5, 5.41) is 6.35. The number of fused-ring (bicyclic) bond motifs is 1. The van der Waals surface area contributed by atoms with Gasteiger partial charge in [0.2, 0.25) is 5.91 Å². The lowest BCUT2D eigenvalue weighted by atomic mass is 10.1. The summed E-state index contributed by atoms with van der Waals surface area (Å²) in [5.74, 6) is 0.157. The minimum absolute atomic E-state index is 0.157. The molecule has 1 fully saturated rings. The molecule has 3 rings (SSSR count). The van der Waals surface area contributed by atoms with Crippen molar-refractivity contribution in [3.63, 3.8) is 0 Å². The number of nitrogens with one attached hydrogen (secondary N) is 2. The van der Waals surface area contributed by atoms with Crippen LogP contribution in [0.4, 0.5) is 0 Å². The Kier molecular flexibility index (Phi) is 4.50. The van der Waals surface area contributed by atoms with E-state index >= 15 is 0 Å². The highest BCUT2D eigenvalue weighted by Gasteiger charge is 2.17. The van der Waals surface area contributed by atoms with E-state index in [9.17, 15) is 4.79 Å². The number of rotatable bonds is 6. The Morgan fingerprint density at radius 2 is 2.33 bits per heavy atom. The molecule has 5 nitrogen and oxygen atoms in total. The molecule has 112 valence electrons. The molecule has 1 aromatic carbocycles. The minimum atomic E-state index is 0.157. The van der Waals surface area contributed by atoms with Gasteiger partial charge in [-0.15, -0.1) is 0 Å². The molecular weight excluding hydrogens is 264 g/mol. The van der Waals surface area contributed by atoms with Gasteiger partial charge in [0, 0.05) is 25.6 Å². The van der Waals surface area contributed by atoms with Gasteiger partial charge >= 0.3 is 0 Å². The topological polar surface area (TPSA) is 59.0 Å². The molecule has 1 aromatic heterocycles. The highest BCUT2D eigenvalue weighted by Crippen LogP contribution is 2.12. The van der Waals surface area contributed by atoms with Crippen LogP contribution in [-0.4, -0.2) is 34.6 Å². The number of carbonyl (C=O) groups is 1. The predicted molar refractivity (Wildman–Crippen MR) is 83.0 cm³/mol. The van der Waals surface area contributed by atoms with E-state index in [1.807, 2.05) is 24.5 Å². The van der Waals surface area contributed by atoms with Gasteiger partial charge in [-0.3, -0.25) is 4.79 Å². The fraction of sp³-hybridized carbons (Fsp3) is 0.500. The zero-order valence-corrected chi connectivity index (χ0v) is 12.2. The van der Waals surface area contributed by atoms with E-state index in [1.54, 1.807) is 0 Å². The fourth-order valence-electron chi connectivity index (χ4n) is 2.89. The average molecular weight is 286 g/mol. The van der Waals surface area contributed by atoms with E-state index < -0.39 is 0 Å². The number of carbonyl (C=O) groups excluding carboxylic acids is 1. The molecule has 0 spiro atoms. The molecule has 0 radical (unpaired) electrons. The molecule has 0 bridgehead atoms. The number of imidazole rings is 1. The quantitative estimate of drug-likeness (QED) is 0.794. The van der Waals surface area contributed by atoms with Gasteiger partial charge in [-0.2, -0.15) is 0 Å². The Morgan fingerprint density at radius 3 is 3.19 bits per heavy atom. The average Bonchev–Trinajstić information content (AvgIpc) is 3.13. The standard InChI is InChI=1S/C16H22N4O/c21-16(11-13-5-3-8-17-13)18-9-4-10-20-12-19-14-6-1-2-7-15(14)20/h1-2,6-7,12-13,17H,3-5,8-11H2,(H,18,21).